The van der Waals surface area contributed by atoms with Gasteiger partial charge in [-0.15, -0.1) is 0 Å². The molecule has 214 valence electrons. The van der Waals surface area contributed by atoms with Crippen LogP contribution in [-0.2, 0) is 0 Å². The van der Waals surface area contributed by atoms with E-state index < -0.39 is 0 Å². The number of benzene rings is 8. The summed E-state index contributed by atoms with van der Waals surface area (Å²) in [6, 6.07) is 59.0. The van der Waals surface area contributed by atoms with Crippen LogP contribution in [0.2, 0.25) is 0 Å². The topological polar surface area (TPSA) is 14.2 Å². The Labute approximate surface area is 266 Å². The molecule has 46 heavy (non-hydrogen) atoms. The summed E-state index contributed by atoms with van der Waals surface area (Å²) in [6.07, 6.45) is 0. The maximum atomic E-state index is 6.38. The Morgan fingerprint density at radius 1 is 0.391 bits per heavy atom. The van der Waals surface area contributed by atoms with Gasteiger partial charge in [-0.3, -0.25) is 0 Å². The van der Waals surface area contributed by atoms with Crippen LogP contribution in [0, 0.1) is 0 Å². The Morgan fingerprint density at radius 2 is 1.09 bits per heavy atom. The largest absolute Gasteiger partial charge is 0.456 e. The van der Waals surface area contributed by atoms with Crippen LogP contribution in [0.5, 0.6) is 11.5 Å². The normalized spacial score (nSPS) is 12.1. The fourth-order valence-electron chi connectivity index (χ4n) is 7.52. The molecule has 0 saturated heterocycles. The summed E-state index contributed by atoms with van der Waals surface area (Å²) < 4.78 is 8.80. The molecule has 2 heterocycles. The Kier molecular flexibility index (Phi) is 5.31. The molecule has 2 nitrogen and oxygen atoms in total. The zero-order valence-electron chi connectivity index (χ0n) is 24.9. The predicted octanol–water partition coefficient (Wildman–Crippen LogP) is 12.2. The molecule has 10 rings (SSSR count). The minimum atomic E-state index is 0.901. The van der Waals surface area contributed by atoms with Crippen molar-refractivity contribution in [3.8, 4) is 50.6 Å². The highest BCUT2D eigenvalue weighted by Crippen LogP contribution is 2.48. The Bertz CT molecular complexity index is 2660. The zero-order chi connectivity index (χ0) is 30.2. The van der Waals surface area contributed by atoms with E-state index in [1.807, 2.05) is 0 Å². The van der Waals surface area contributed by atoms with Crippen molar-refractivity contribution in [3.63, 3.8) is 0 Å². The highest BCUT2D eigenvalue weighted by Gasteiger charge is 2.21. The predicted molar refractivity (Wildman–Crippen MR) is 192 cm³/mol. The van der Waals surface area contributed by atoms with E-state index in [1.165, 1.54) is 76.9 Å². The van der Waals surface area contributed by atoms with Gasteiger partial charge in [-0.1, -0.05) is 121 Å². The molecule has 1 aliphatic heterocycles. The number of hydrogen-bond donors (Lipinski definition) is 0. The van der Waals surface area contributed by atoms with Crippen molar-refractivity contribution in [1.29, 1.82) is 0 Å². The van der Waals surface area contributed by atoms with Crippen molar-refractivity contribution in [2.24, 2.45) is 0 Å². The average molecular weight is 586 g/mol. The first-order valence-electron chi connectivity index (χ1n) is 15.8. The third-order valence-corrected chi connectivity index (χ3v) is 9.57. The molecule has 0 amide bonds. The smallest absolute Gasteiger partial charge is 0.135 e. The minimum absolute atomic E-state index is 0.901. The molecule has 1 aliphatic rings. The summed E-state index contributed by atoms with van der Waals surface area (Å²) >= 11 is 0. The van der Waals surface area contributed by atoms with Crippen molar-refractivity contribution in [2.45, 2.75) is 0 Å². The second-order valence-electron chi connectivity index (χ2n) is 12.1. The molecule has 0 radical (unpaired) electrons. The molecule has 0 bridgehead atoms. The van der Waals surface area contributed by atoms with Crippen LogP contribution in [-0.4, -0.2) is 4.57 Å². The van der Waals surface area contributed by atoms with Crippen molar-refractivity contribution in [3.05, 3.63) is 164 Å². The van der Waals surface area contributed by atoms with Crippen LogP contribution in [0.25, 0.3) is 82.4 Å². The maximum Gasteiger partial charge on any atom is 0.135 e. The number of rotatable bonds is 3. The van der Waals surface area contributed by atoms with Crippen molar-refractivity contribution >= 4 is 43.4 Å². The molecule has 0 aliphatic carbocycles. The first kappa shape index (κ1) is 25.2. The molecule has 9 aromatic rings. The molecule has 0 N–H and O–H groups in total. The van der Waals surface area contributed by atoms with Crippen LogP contribution in [0.15, 0.2) is 164 Å². The number of hydrogen-bond acceptors (Lipinski definition) is 1. The molecule has 0 spiro atoms. The minimum Gasteiger partial charge on any atom is -0.456 e. The number of nitrogens with zero attached hydrogens (tertiary/aromatic N) is 1. The van der Waals surface area contributed by atoms with Gasteiger partial charge in [-0.05, 0) is 81.1 Å². The maximum absolute atomic E-state index is 6.38. The lowest BCUT2D eigenvalue weighted by atomic mass is 9.91. The van der Waals surface area contributed by atoms with E-state index in [9.17, 15) is 0 Å². The fourth-order valence-corrected chi connectivity index (χ4v) is 7.52. The van der Waals surface area contributed by atoms with E-state index in [-0.39, 0.29) is 0 Å². The van der Waals surface area contributed by atoms with Gasteiger partial charge in [0.05, 0.1) is 11.0 Å². The van der Waals surface area contributed by atoms with Gasteiger partial charge < -0.3 is 9.30 Å². The van der Waals surface area contributed by atoms with Gasteiger partial charge in [0.2, 0.25) is 0 Å². The van der Waals surface area contributed by atoms with Crippen LogP contribution in [0.3, 0.4) is 0 Å². The molecule has 0 fully saturated rings. The highest BCUT2D eigenvalue weighted by molar-refractivity contribution is 6.20. The quantitative estimate of drug-likeness (QED) is 0.201. The van der Waals surface area contributed by atoms with E-state index >= 15 is 0 Å². The van der Waals surface area contributed by atoms with Crippen molar-refractivity contribution < 1.29 is 4.74 Å². The first-order chi connectivity index (χ1) is 22.8. The molecular formula is C44H27NO. The first-order valence-corrected chi connectivity index (χ1v) is 15.8. The number of ether oxygens (including phenoxy) is 1. The van der Waals surface area contributed by atoms with Gasteiger partial charge in [-0.2, -0.15) is 0 Å². The monoisotopic (exact) mass is 585 g/mol. The van der Waals surface area contributed by atoms with Crippen LogP contribution in [0.1, 0.15) is 0 Å². The lowest BCUT2D eigenvalue weighted by Crippen LogP contribution is -1.97. The molecular weight excluding hydrogens is 558 g/mol. The summed E-state index contributed by atoms with van der Waals surface area (Å²) in [5.74, 6) is 1.82. The third-order valence-electron chi connectivity index (χ3n) is 9.57. The average Bonchev–Trinajstić information content (AvgIpc) is 3.47. The van der Waals surface area contributed by atoms with Crippen LogP contribution < -0.4 is 4.74 Å². The molecule has 2 heteroatoms. The molecule has 0 saturated carbocycles. The summed E-state index contributed by atoms with van der Waals surface area (Å²) in [5, 5.41) is 7.41. The Morgan fingerprint density at radius 3 is 2.02 bits per heavy atom. The summed E-state index contributed by atoms with van der Waals surface area (Å²) in [5.41, 5.74) is 10.8. The van der Waals surface area contributed by atoms with Gasteiger partial charge in [0.25, 0.3) is 0 Å². The lowest BCUT2D eigenvalue weighted by molar-refractivity contribution is 0.487. The van der Waals surface area contributed by atoms with Crippen LogP contribution in [0.4, 0.5) is 0 Å². The molecule has 0 atom stereocenters. The number of aromatic nitrogens is 1. The van der Waals surface area contributed by atoms with Gasteiger partial charge in [0, 0.05) is 32.8 Å². The van der Waals surface area contributed by atoms with E-state index in [0.717, 1.165) is 17.1 Å². The second-order valence-corrected chi connectivity index (χ2v) is 12.1. The Balaban J connectivity index is 1.15. The SMILES string of the molecule is c1ccc(-n2c3ccccc3c3ccc4c(-c5cccc(-c6ccc7c(c6)-c6cccc8cccc(c68)O7)c5)cccc4c32)cc1. The molecule has 0 unspecified atom stereocenters. The van der Waals surface area contributed by atoms with Gasteiger partial charge in [-0.25, -0.2) is 0 Å². The summed E-state index contributed by atoms with van der Waals surface area (Å²) in [7, 11) is 0. The van der Waals surface area contributed by atoms with E-state index in [2.05, 4.69) is 168 Å². The molecule has 8 aromatic carbocycles. The third kappa shape index (κ3) is 3.65. The van der Waals surface area contributed by atoms with Gasteiger partial charge in [0.1, 0.15) is 11.5 Å². The lowest BCUT2D eigenvalue weighted by Gasteiger charge is -2.22. The number of fused-ring (bicyclic) bond motifs is 7. The summed E-state index contributed by atoms with van der Waals surface area (Å²) in [4.78, 5) is 0. The second kappa shape index (κ2) is 9.69. The van der Waals surface area contributed by atoms with E-state index in [1.54, 1.807) is 0 Å². The highest BCUT2D eigenvalue weighted by atomic mass is 16.5. The zero-order valence-corrected chi connectivity index (χ0v) is 24.9. The molecule has 1 aromatic heterocycles. The van der Waals surface area contributed by atoms with E-state index in [4.69, 9.17) is 4.74 Å². The van der Waals surface area contributed by atoms with E-state index in [0.29, 0.717) is 0 Å². The summed E-state index contributed by atoms with van der Waals surface area (Å²) in [6.45, 7) is 0. The van der Waals surface area contributed by atoms with Gasteiger partial charge >= 0.3 is 0 Å². The van der Waals surface area contributed by atoms with Gasteiger partial charge in [0.15, 0.2) is 0 Å². The fraction of sp³-hybridized carbons (Fsp3) is 0. The van der Waals surface area contributed by atoms with Crippen molar-refractivity contribution in [1.82, 2.24) is 4.57 Å². The van der Waals surface area contributed by atoms with Crippen LogP contribution >= 0.6 is 0 Å². The standard InChI is InChI=1S/C44H27NO/c1-2-14-32(15-3-1)45-40-20-5-4-16-35(40)38-24-23-34-33(17-9-19-37(34)44(38)45)31-13-6-12-29(26-31)30-22-25-41-39(27-30)36-18-7-10-28-11-8-21-42(46-41)43(28)36/h1-27H. The Hall–Kier alpha value is -6.12. The number of para-hydroxylation sites is 2. The van der Waals surface area contributed by atoms with Crippen molar-refractivity contribution in [2.75, 3.05) is 0 Å².